The number of nitrogens with one attached hydrogen (secondary N) is 1. The van der Waals surface area contributed by atoms with Crippen LogP contribution in [0, 0.1) is 19.7 Å². The van der Waals surface area contributed by atoms with Crippen molar-refractivity contribution in [3.05, 3.63) is 51.2 Å². The molecule has 4 heteroatoms. The van der Waals surface area contributed by atoms with E-state index in [-0.39, 0.29) is 11.9 Å². The van der Waals surface area contributed by atoms with Gasteiger partial charge in [-0.15, -0.1) is 11.3 Å². The second-order valence-electron chi connectivity index (χ2n) is 4.32. The molecule has 1 atom stereocenters. The van der Waals surface area contributed by atoms with Crippen molar-refractivity contribution < 1.29 is 4.39 Å². The van der Waals surface area contributed by atoms with Gasteiger partial charge in [0.25, 0.3) is 0 Å². The summed E-state index contributed by atoms with van der Waals surface area (Å²) < 4.78 is 14.0. The molecule has 2 nitrogen and oxygen atoms in total. The lowest BCUT2D eigenvalue weighted by Gasteiger charge is -2.18. The van der Waals surface area contributed by atoms with Gasteiger partial charge in [-0.05, 0) is 26.5 Å². The van der Waals surface area contributed by atoms with Crippen molar-refractivity contribution in [1.82, 2.24) is 10.3 Å². The van der Waals surface area contributed by atoms with Crippen LogP contribution in [0.2, 0.25) is 0 Å². The van der Waals surface area contributed by atoms with Gasteiger partial charge in [0.15, 0.2) is 0 Å². The van der Waals surface area contributed by atoms with Crippen molar-refractivity contribution in [3.8, 4) is 0 Å². The van der Waals surface area contributed by atoms with Crippen molar-refractivity contribution in [2.75, 3.05) is 6.54 Å². The number of nitrogens with zero attached hydrogens (tertiary/aromatic N) is 1. The number of hydrogen-bond acceptors (Lipinski definition) is 3. The summed E-state index contributed by atoms with van der Waals surface area (Å²) in [6.07, 6.45) is 0. The van der Waals surface area contributed by atoms with E-state index >= 15 is 0 Å². The number of rotatable bonds is 4. The molecule has 0 aliphatic carbocycles. The van der Waals surface area contributed by atoms with Crippen LogP contribution in [-0.2, 0) is 0 Å². The van der Waals surface area contributed by atoms with Gasteiger partial charge in [-0.2, -0.15) is 0 Å². The number of hydrogen-bond donors (Lipinski definition) is 1. The van der Waals surface area contributed by atoms with Crippen LogP contribution in [0.15, 0.2) is 23.7 Å². The molecule has 96 valence electrons. The van der Waals surface area contributed by atoms with Gasteiger partial charge in [0.05, 0.1) is 17.2 Å². The van der Waals surface area contributed by atoms with Gasteiger partial charge in [-0.1, -0.05) is 24.6 Å². The lowest BCUT2D eigenvalue weighted by atomic mass is 10.0. The van der Waals surface area contributed by atoms with Crippen LogP contribution in [0.25, 0.3) is 0 Å². The number of thiazole rings is 1. The minimum atomic E-state index is -0.167. The zero-order valence-corrected chi connectivity index (χ0v) is 11.6. The minimum Gasteiger partial charge on any atom is -0.306 e. The van der Waals surface area contributed by atoms with Gasteiger partial charge in [-0.3, -0.25) is 0 Å². The number of aryl methyl sites for hydroxylation is 2. The Bertz CT molecular complexity index is 536. The first-order chi connectivity index (χ1) is 8.63. The normalized spacial score (nSPS) is 12.7. The highest BCUT2D eigenvalue weighted by Gasteiger charge is 2.20. The first-order valence-electron chi connectivity index (χ1n) is 6.03. The maximum Gasteiger partial charge on any atom is 0.128 e. The molecule has 0 bridgehead atoms. The molecule has 2 aromatic rings. The summed E-state index contributed by atoms with van der Waals surface area (Å²) in [4.78, 5) is 5.34. The molecule has 0 aliphatic rings. The van der Waals surface area contributed by atoms with Gasteiger partial charge < -0.3 is 5.32 Å². The Morgan fingerprint density at radius 2 is 2.17 bits per heavy atom. The summed E-state index contributed by atoms with van der Waals surface area (Å²) >= 11 is 1.57. The summed E-state index contributed by atoms with van der Waals surface area (Å²) in [7, 11) is 0. The van der Waals surface area contributed by atoms with Crippen LogP contribution >= 0.6 is 11.3 Å². The van der Waals surface area contributed by atoms with Gasteiger partial charge >= 0.3 is 0 Å². The van der Waals surface area contributed by atoms with Crippen LogP contribution < -0.4 is 5.32 Å². The number of benzene rings is 1. The molecule has 0 spiro atoms. The van der Waals surface area contributed by atoms with Crippen LogP contribution in [0.4, 0.5) is 4.39 Å². The van der Waals surface area contributed by atoms with Gasteiger partial charge in [0.1, 0.15) is 5.82 Å². The van der Waals surface area contributed by atoms with Crippen LogP contribution in [0.5, 0.6) is 0 Å². The largest absolute Gasteiger partial charge is 0.306 e. The molecule has 1 aromatic heterocycles. The lowest BCUT2D eigenvalue weighted by molar-refractivity contribution is 0.561. The SMILES string of the molecule is CCNC(c1cc(C)ccc1F)c1scnc1C. The number of halogens is 1. The predicted molar refractivity (Wildman–Crippen MR) is 73.5 cm³/mol. The number of aromatic nitrogens is 1. The van der Waals surface area contributed by atoms with Crippen LogP contribution in [0.3, 0.4) is 0 Å². The Hall–Kier alpha value is -1.26. The molecule has 0 fully saturated rings. The Kier molecular flexibility index (Phi) is 4.09. The fourth-order valence-electron chi connectivity index (χ4n) is 2.02. The third-order valence-electron chi connectivity index (χ3n) is 2.92. The highest BCUT2D eigenvalue weighted by molar-refractivity contribution is 7.09. The average molecular weight is 264 g/mol. The topological polar surface area (TPSA) is 24.9 Å². The van der Waals surface area contributed by atoms with Crippen molar-refractivity contribution in [1.29, 1.82) is 0 Å². The van der Waals surface area contributed by atoms with E-state index in [9.17, 15) is 4.39 Å². The van der Waals surface area contributed by atoms with Crippen LogP contribution in [-0.4, -0.2) is 11.5 Å². The van der Waals surface area contributed by atoms with Gasteiger partial charge in [0, 0.05) is 10.4 Å². The summed E-state index contributed by atoms with van der Waals surface area (Å²) in [6.45, 7) is 6.75. The molecular formula is C14H17FN2S. The van der Waals surface area contributed by atoms with Crippen molar-refractivity contribution in [3.63, 3.8) is 0 Å². The Morgan fingerprint density at radius 1 is 1.39 bits per heavy atom. The lowest BCUT2D eigenvalue weighted by Crippen LogP contribution is -2.23. The molecule has 0 radical (unpaired) electrons. The average Bonchev–Trinajstić information content (AvgIpc) is 2.76. The smallest absolute Gasteiger partial charge is 0.128 e. The van der Waals surface area contributed by atoms with Crippen molar-refractivity contribution >= 4 is 11.3 Å². The summed E-state index contributed by atoms with van der Waals surface area (Å²) in [5.41, 5.74) is 4.54. The Labute approximate surface area is 111 Å². The van der Waals surface area contributed by atoms with E-state index in [1.807, 2.05) is 32.3 Å². The quantitative estimate of drug-likeness (QED) is 0.912. The first-order valence-corrected chi connectivity index (χ1v) is 6.90. The Morgan fingerprint density at radius 3 is 2.78 bits per heavy atom. The second-order valence-corrected chi connectivity index (χ2v) is 5.20. The van der Waals surface area contributed by atoms with E-state index in [0.717, 1.165) is 22.7 Å². The van der Waals surface area contributed by atoms with E-state index in [4.69, 9.17) is 0 Å². The molecule has 1 N–H and O–H groups in total. The molecule has 1 heterocycles. The second kappa shape index (κ2) is 5.59. The summed E-state index contributed by atoms with van der Waals surface area (Å²) in [6, 6.07) is 5.12. The van der Waals surface area contributed by atoms with E-state index in [0.29, 0.717) is 5.56 Å². The van der Waals surface area contributed by atoms with E-state index in [2.05, 4.69) is 10.3 Å². The third-order valence-corrected chi connectivity index (χ3v) is 3.91. The molecule has 0 saturated heterocycles. The monoisotopic (exact) mass is 264 g/mol. The molecule has 18 heavy (non-hydrogen) atoms. The molecule has 2 rings (SSSR count). The van der Waals surface area contributed by atoms with Crippen LogP contribution in [0.1, 0.15) is 34.7 Å². The van der Waals surface area contributed by atoms with E-state index < -0.39 is 0 Å². The standard InChI is InChI=1S/C14H17FN2S/c1-4-16-13(14-10(3)17-8-18-14)11-7-9(2)5-6-12(11)15/h5-8,13,16H,4H2,1-3H3. The summed E-state index contributed by atoms with van der Waals surface area (Å²) in [5, 5.41) is 3.34. The molecular weight excluding hydrogens is 247 g/mol. The first kappa shape index (κ1) is 13.2. The van der Waals surface area contributed by atoms with Gasteiger partial charge in [-0.25, -0.2) is 9.37 Å². The van der Waals surface area contributed by atoms with Crippen molar-refractivity contribution in [2.45, 2.75) is 26.8 Å². The van der Waals surface area contributed by atoms with E-state index in [1.54, 1.807) is 17.4 Å². The zero-order chi connectivity index (χ0) is 13.1. The fourth-order valence-corrected chi connectivity index (χ4v) is 2.91. The van der Waals surface area contributed by atoms with Gasteiger partial charge in [0.2, 0.25) is 0 Å². The third kappa shape index (κ3) is 2.60. The van der Waals surface area contributed by atoms with E-state index in [1.165, 1.54) is 6.07 Å². The minimum absolute atomic E-state index is 0.109. The summed E-state index contributed by atoms with van der Waals surface area (Å²) in [5.74, 6) is -0.167. The molecule has 1 aromatic carbocycles. The van der Waals surface area contributed by atoms with Crippen molar-refractivity contribution in [2.24, 2.45) is 0 Å². The molecule has 0 aliphatic heterocycles. The fraction of sp³-hybridized carbons (Fsp3) is 0.357. The zero-order valence-electron chi connectivity index (χ0n) is 10.8. The highest BCUT2D eigenvalue weighted by atomic mass is 32.1. The highest BCUT2D eigenvalue weighted by Crippen LogP contribution is 2.30. The Balaban J connectivity index is 2.48. The maximum atomic E-state index is 14.0. The molecule has 0 amide bonds. The molecule has 0 saturated carbocycles. The maximum absolute atomic E-state index is 14.0. The molecule has 1 unspecified atom stereocenters. The predicted octanol–water partition coefficient (Wildman–Crippen LogP) is 3.60.